The average molecular weight is 326 g/mol. The molecule has 1 aromatic rings. The summed E-state index contributed by atoms with van der Waals surface area (Å²) in [5.41, 5.74) is 0.245. The molecule has 0 bridgehead atoms. The second-order valence-electron chi connectivity index (χ2n) is 4.19. The van der Waals surface area contributed by atoms with E-state index >= 15 is 0 Å². The van der Waals surface area contributed by atoms with Gasteiger partial charge in [-0.25, -0.2) is 9.59 Å². The lowest BCUT2D eigenvalue weighted by Gasteiger charge is -2.15. The van der Waals surface area contributed by atoms with E-state index < -0.39 is 23.9 Å². The van der Waals surface area contributed by atoms with Gasteiger partial charge in [-0.05, 0) is 18.6 Å². The van der Waals surface area contributed by atoms with Crippen molar-refractivity contribution in [2.45, 2.75) is 12.5 Å². The van der Waals surface area contributed by atoms with Gasteiger partial charge in [-0.15, -0.1) is 0 Å². The Morgan fingerprint density at radius 3 is 2.50 bits per heavy atom. The number of esters is 2. The fourth-order valence-electron chi connectivity index (χ4n) is 1.61. The summed E-state index contributed by atoms with van der Waals surface area (Å²) in [7, 11) is 2.45. The van der Waals surface area contributed by atoms with E-state index in [0.717, 1.165) is 6.08 Å². The molecule has 0 radical (unpaired) electrons. The van der Waals surface area contributed by atoms with Crippen molar-refractivity contribution in [3.8, 4) is 0 Å². The summed E-state index contributed by atoms with van der Waals surface area (Å²) in [6.45, 7) is 0. The normalized spacial score (nSPS) is 11.8. The van der Waals surface area contributed by atoms with Crippen molar-refractivity contribution < 1.29 is 23.9 Å². The van der Waals surface area contributed by atoms with Gasteiger partial charge in [0.05, 0.1) is 24.8 Å². The highest BCUT2D eigenvalue weighted by Crippen LogP contribution is 2.15. The minimum Gasteiger partial charge on any atom is -0.467 e. The molecule has 1 N–H and O–H groups in total. The van der Waals surface area contributed by atoms with Crippen LogP contribution in [0.5, 0.6) is 0 Å². The van der Waals surface area contributed by atoms with E-state index in [1.807, 2.05) is 0 Å². The van der Waals surface area contributed by atoms with Crippen LogP contribution in [0.4, 0.5) is 0 Å². The predicted octanol–water partition coefficient (Wildman–Crippen LogP) is 1.73. The average Bonchev–Trinajstić information content (AvgIpc) is 2.53. The first-order valence-electron chi connectivity index (χ1n) is 6.37. The number of carbonyl (C=O) groups is 3. The molecule has 118 valence electrons. The Bertz CT molecular complexity index is 585. The lowest BCUT2D eigenvalue weighted by Crippen LogP contribution is -2.41. The molecular weight excluding hydrogens is 310 g/mol. The first kappa shape index (κ1) is 17.7. The Morgan fingerprint density at radius 1 is 1.23 bits per heavy atom. The molecule has 0 aliphatic rings. The third kappa shape index (κ3) is 5.21. The van der Waals surface area contributed by atoms with Crippen LogP contribution in [-0.4, -0.2) is 38.1 Å². The molecule has 0 aliphatic heterocycles. The number of ether oxygens (including phenoxy) is 2. The summed E-state index contributed by atoms with van der Waals surface area (Å²) in [4.78, 5) is 34.8. The van der Waals surface area contributed by atoms with Crippen LogP contribution in [-0.2, 0) is 19.1 Å². The maximum atomic E-state index is 12.1. The molecule has 22 heavy (non-hydrogen) atoms. The Kier molecular flexibility index (Phi) is 7.12. The highest BCUT2D eigenvalue weighted by molar-refractivity contribution is 6.33. The van der Waals surface area contributed by atoms with Crippen LogP contribution in [0.2, 0.25) is 5.02 Å². The highest BCUT2D eigenvalue weighted by Gasteiger charge is 2.22. The number of hydrogen-bond acceptors (Lipinski definition) is 5. The third-order valence-corrected chi connectivity index (χ3v) is 3.07. The van der Waals surface area contributed by atoms with Crippen molar-refractivity contribution in [3.05, 3.63) is 47.0 Å². The second-order valence-corrected chi connectivity index (χ2v) is 4.60. The molecule has 0 aromatic heterocycles. The zero-order chi connectivity index (χ0) is 16.5. The van der Waals surface area contributed by atoms with Crippen LogP contribution in [0.3, 0.4) is 0 Å². The number of nitrogens with one attached hydrogen (secondary N) is 1. The zero-order valence-corrected chi connectivity index (χ0v) is 12.9. The predicted molar refractivity (Wildman–Crippen MR) is 80.5 cm³/mol. The summed E-state index contributed by atoms with van der Waals surface area (Å²) < 4.78 is 9.06. The van der Waals surface area contributed by atoms with Gasteiger partial charge in [-0.2, -0.15) is 0 Å². The number of amides is 1. The van der Waals surface area contributed by atoms with E-state index in [1.54, 1.807) is 18.2 Å². The molecule has 7 heteroatoms. The van der Waals surface area contributed by atoms with Crippen LogP contribution in [0, 0.1) is 0 Å². The maximum absolute atomic E-state index is 12.1. The van der Waals surface area contributed by atoms with Gasteiger partial charge in [0.25, 0.3) is 5.91 Å². The van der Waals surface area contributed by atoms with E-state index in [0.29, 0.717) is 0 Å². The Hall–Kier alpha value is -2.34. The number of halogens is 1. The van der Waals surface area contributed by atoms with Crippen LogP contribution < -0.4 is 5.32 Å². The topological polar surface area (TPSA) is 81.7 Å². The molecule has 0 fully saturated rings. The lowest BCUT2D eigenvalue weighted by molar-refractivity contribution is -0.143. The van der Waals surface area contributed by atoms with Gasteiger partial charge in [0.15, 0.2) is 0 Å². The Labute approximate surface area is 133 Å². The van der Waals surface area contributed by atoms with Crippen LogP contribution in [0.1, 0.15) is 16.8 Å². The third-order valence-electron chi connectivity index (χ3n) is 2.74. The highest BCUT2D eigenvalue weighted by atomic mass is 35.5. The summed E-state index contributed by atoms with van der Waals surface area (Å²) in [5, 5.41) is 2.79. The summed E-state index contributed by atoms with van der Waals surface area (Å²) in [6.07, 6.45) is 2.66. The number of benzene rings is 1. The Balaban J connectivity index is 2.79. The molecule has 6 nitrogen and oxygen atoms in total. The molecule has 0 spiro atoms. The molecule has 0 aliphatic carbocycles. The van der Waals surface area contributed by atoms with Gasteiger partial charge in [-0.1, -0.05) is 29.8 Å². The second kappa shape index (κ2) is 8.84. The van der Waals surface area contributed by atoms with Crippen molar-refractivity contribution >= 4 is 29.4 Å². The van der Waals surface area contributed by atoms with Crippen molar-refractivity contribution in [2.24, 2.45) is 0 Å². The molecule has 1 rings (SSSR count). The largest absolute Gasteiger partial charge is 0.467 e. The number of methoxy groups -OCH3 is 2. The molecule has 0 saturated carbocycles. The maximum Gasteiger partial charge on any atom is 0.330 e. The summed E-state index contributed by atoms with van der Waals surface area (Å²) >= 11 is 5.93. The zero-order valence-electron chi connectivity index (χ0n) is 12.2. The summed E-state index contributed by atoms with van der Waals surface area (Å²) in [6, 6.07) is 5.52. The molecule has 1 atom stereocenters. The van der Waals surface area contributed by atoms with Gasteiger partial charge in [0, 0.05) is 6.08 Å². The number of hydrogen-bond donors (Lipinski definition) is 1. The first-order valence-corrected chi connectivity index (χ1v) is 6.75. The van der Waals surface area contributed by atoms with E-state index in [1.165, 1.54) is 26.4 Å². The Morgan fingerprint density at radius 2 is 1.91 bits per heavy atom. The van der Waals surface area contributed by atoms with Gasteiger partial charge in [0.2, 0.25) is 0 Å². The smallest absolute Gasteiger partial charge is 0.330 e. The van der Waals surface area contributed by atoms with Crippen molar-refractivity contribution in [3.63, 3.8) is 0 Å². The minimum atomic E-state index is -0.935. The van der Waals surface area contributed by atoms with Crippen LogP contribution >= 0.6 is 11.6 Å². The molecule has 1 amide bonds. The van der Waals surface area contributed by atoms with Gasteiger partial charge in [0.1, 0.15) is 6.04 Å². The molecule has 1 aromatic carbocycles. The van der Waals surface area contributed by atoms with Gasteiger partial charge in [-0.3, -0.25) is 4.79 Å². The van der Waals surface area contributed by atoms with Crippen LogP contribution in [0.25, 0.3) is 0 Å². The monoisotopic (exact) mass is 325 g/mol. The summed E-state index contributed by atoms with van der Waals surface area (Å²) in [5.74, 6) is -1.69. The molecule has 0 heterocycles. The number of rotatable bonds is 6. The van der Waals surface area contributed by atoms with E-state index in [-0.39, 0.29) is 17.0 Å². The first-order chi connectivity index (χ1) is 10.5. The van der Waals surface area contributed by atoms with Gasteiger partial charge < -0.3 is 14.8 Å². The van der Waals surface area contributed by atoms with Crippen molar-refractivity contribution in [2.75, 3.05) is 14.2 Å². The van der Waals surface area contributed by atoms with Crippen molar-refractivity contribution in [1.29, 1.82) is 0 Å². The molecule has 0 unspecified atom stereocenters. The fourth-order valence-corrected chi connectivity index (χ4v) is 1.83. The van der Waals surface area contributed by atoms with Gasteiger partial charge >= 0.3 is 11.9 Å². The van der Waals surface area contributed by atoms with E-state index in [2.05, 4.69) is 14.8 Å². The SMILES string of the molecule is COC(=O)/C=C/C[C@H](NC(=O)c1ccccc1Cl)C(=O)OC. The standard InChI is InChI=1S/C15H16ClNO5/c1-21-13(18)9-5-8-12(15(20)22-2)17-14(19)10-6-3-4-7-11(10)16/h3-7,9,12H,8H2,1-2H3,(H,17,19)/b9-5+/t12-/m0/s1. The van der Waals surface area contributed by atoms with Crippen molar-refractivity contribution in [1.82, 2.24) is 5.32 Å². The van der Waals surface area contributed by atoms with Crippen LogP contribution in [0.15, 0.2) is 36.4 Å². The van der Waals surface area contributed by atoms with E-state index in [4.69, 9.17) is 11.6 Å². The minimum absolute atomic E-state index is 0.0813. The lowest BCUT2D eigenvalue weighted by atomic mass is 10.1. The quantitative estimate of drug-likeness (QED) is 0.636. The van der Waals surface area contributed by atoms with E-state index in [9.17, 15) is 14.4 Å². The number of carbonyl (C=O) groups excluding carboxylic acids is 3. The molecule has 0 saturated heterocycles. The molecular formula is C15H16ClNO5. The fraction of sp³-hybridized carbons (Fsp3) is 0.267.